The highest BCUT2D eigenvalue weighted by Gasteiger charge is 2.20. The third-order valence-corrected chi connectivity index (χ3v) is 5.42. The van der Waals surface area contributed by atoms with E-state index in [0.29, 0.717) is 13.2 Å². The van der Waals surface area contributed by atoms with Crippen LogP contribution in [-0.4, -0.2) is 53.1 Å². The molecule has 162 valence electrons. The van der Waals surface area contributed by atoms with Gasteiger partial charge in [-0.2, -0.15) is 0 Å². The predicted molar refractivity (Wildman–Crippen MR) is 116 cm³/mol. The van der Waals surface area contributed by atoms with Crippen LogP contribution in [0, 0.1) is 0 Å². The lowest BCUT2D eigenvalue weighted by Gasteiger charge is -2.25. The lowest BCUT2D eigenvalue weighted by molar-refractivity contribution is 0.0971. The van der Waals surface area contributed by atoms with Crippen LogP contribution in [0.3, 0.4) is 0 Å². The van der Waals surface area contributed by atoms with Crippen LogP contribution in [0.15, 0.2) is 29.3 Å². The molecule has 1 atom stereocenters. The molecule has 1 aromatic heterocycles. The zero-order valence-electron chi connectivity index (χ0n) is 17.8. The van der Waals surface area contributed by atoms with Gasteiger partial charge >= 0.3 is 0 Å². The van der Waals surface area contributed by atoms with Crippen LogP contribution in [-0.2, 0) is 19.4 Å². The fraction of sp³-hybridized carbons (Fsp3) is 0.591. The molecule has 0 spiro atoms. The van der Waals surface area contributed by atoms with Gasteiger partial charge < -0.3 is 24.7 Å². The van der Waals surface area contributed by atoms with Gasteiger partial charge in [0.2, 0.25) is 0 Å². The number of aromatic nitrogens is 3. The standard InChI is InChI=1S/C22H32N6O2/c1-2-23-22(25-15-17-16-29-18-9-5-6-10-19(18)30-17)24-13-8-12-21-27-26-20-11-4-3-7-14-28(20)21/h5-6,9-10,17H,2-4,7-8,11-16H2,1H3,(H2,23,24,25). The van der Waals surface area contributed by atoms with Crippen molar-refractivity contribution < 1.29 is 9.47 Å². The quantitative estimate of drug-likeness (QED) is 0.412. The zero-order chi connectivity index (χ0) is 20.6. The maximum absolute atomic E-state index is 5.99. The summed E-state index contributed by atoms with van der Waals surface area (Å²) in [7, 11) is 0. The summed E-state index contributed by atoms with van der Waals surface area (Å²) in [6.45, 7) is 5.83. The van der Waals surface area contributed by atoms with E-state index in [-0.39, 0.29) is 6.10 Å². The van der Waals surface area contributed by atoms with E-state index < -0.39 is 0 Å². The average molecular weight is 413 g/mol. The summed E-state index contributed by atoms with van der Waals surface area (Å²) in [6, 6.07) is 7.76. The van der Waals surface area contributed by atoms with Gasteiger partial charge in [0.15, 0.2) is 23.6 Å². The first-order chi connectivity index (χ1) is 14.8. The Kier molecular flexibility index (Phi) is 7.05. The first-order valence-electron chi connectivity index (χ1n) is 11.1. The smallest absolute Gasteiger partial charge is 0.191 e. The third-order valence-electron chi connectivity index (χ3n) is 5.42. The Morgan fingerprint density at radius 3 is 2.97 bits per heavy atom. The normalized spacial score (nSPS) is 18.4. The molecule has 1 aromatic carbocycles. The summed E-state index contributed by atoms with van der Waals surface area (Å²) in [5, 5.41) is 15.5. The first kappa shape index (κ1) is 20.5. The Morgan fingerprint density at radius 1 is 1.17 bits per heavy atom. The molecule has 0 amide bonds. The summed E-state index contributed by atoms with van der Waals surface area (Å²) in [5.41, 5.74) is 0. The second-order valence-electron chi connectivity index (χ2n) is 7.74. The molecule has 0 bridgehead atoms. The van der Waals surface area contributed by atoms with Gasteiger partial charge in [-0.1, -0.05) is 18.6 Å². The highest BCUT2D eigenvalue weighted by molar-refractivity contribution is 5.79. The minimum Gasteiger partial charge on any atom is -0.486 e. The molecule has 30 heavy (non-hydrogen) atoms. The molecule has 4 rings (SSSR count). The van der Waals surface area contributed by atoms with E-state index in [1.54, 1.807) is 0 Å². The molecule has 0 saturated heterocycles. The van der Waals surface area contributed by atoms with Crippen molar-refractivity contribution in [2.24, 2.45) is 4.99 Å². The van der Waals surface area contributed by atoms with Crippen LogP contribution >= 0.6 is 0 Å². The van der Waals surface area contributed by atoms with Crippen LogP contribution in [0.25, 0.3) is 0 Å². The highest BCUT2D eigenvalue weighted by Crippen LogP contribution is 2.30. The van der Waals surface area contributed by atoms with Crippen molar-refractivity contribution in [2.75, 3.05) is 26.2 Å². The number of fused-ring (bicyclic) bond motifs is 2. The molecule has 2 aromatic rings. The molecule has 0 fully saturated rings. The van der Waals surface area contributed by atoms with Gasteiger partial charge in [0.1, 0.15) is 18.3 Å². The summed E-state index contributed by atoms with van der Waals surface area (Å²) < 4.78 is 14.1. The topological polar surface area (TPSA) is 85.6 Å². The molecule has 2 aliphatic rings. The number of benzene rings is 1. The number of aliphatic imine (C=N–C) groups is 1. The first-order valence-corrected chi connectivity index (χ1v) is 11.1. The Balaban J connectivity index is 1.24. The molecule has 1 unspecified atom stereocenters. The maximum Gasteiger partial charge on any atom is 0.191 e. The van der Waals surface area contributed by atoms with Crippen molar-refractivity contribution in [3.8, 4) is 11.5 Å². The molecule has 0 aliphatic carbocycles. The van der Waals surface area contributed by atoms with Gasteiger partial charge in [0.05, 0.1) is 6.54 Å². The van der Waals surface area contributed by atoms with Crippen LogP contribution in [0.4, 0.5) is 0 Å². The molecule has 8 nitrogen and oxygen atoms in total. The maximum atomic E-state index is 5.99. The fourth-order valence-electron chi connectivity index (χ4n) is 3.87. The predicted octanol–water partition coefficient (Wildman–Crippen LogP) is 2.33. The van der Waals surface area contributed by atoms with E-state index in [1.807, 2.05) is 24.3 Å². The Hall–Kier alpha value is -2.77. The van der Waals surface area contributed by atoms with Crippen LogP contribution in [0.2, 0.25) is 0 Å². The van der Waals surface area contributed by atoms with E-state index >= 15 is 0 Å². The van der Waals surface area contributed by atoms with E-state index in [4.69, 9.17) is 9.47 Å². The Labute approximate surface area is 178 Å². The van der Waals surface area contributed by atoms with Crippen LogP contribution in [0.1, 0.15) is 44.3 Å². The van der Waals surface area contributed by atoms with E-state index in [1.165, 1.54) is 19.3 Å². The molecular formula is C22H32N6O2. The number of aryl methyl sites for hydroxylation is 2. The number of hydrogen-bond donors (Lipinski definition) is 2. The second kappa shape index (κ2) is 10.3. The number of ether oxygens (including phenoxy) is 2. The number of nitrogens with one attached hydrogen (secondary N) is 2. The summed E-state index contributed by atoms with van der Waals surface area (Å²) in [4.78, 5) is 4.68. The zero-order valence-corrected chi connectivity index (χ0v) is 17.8. The minimum atomic E-state index is -0.0817. The molecular weight excluding hydrogens is 380 g/mol. The van der Waals surface area contributed by atoms with Crippen molar-refractivity contribution >= 4 is 5.96 Å². The SMILES string of the molecule is CCNC(=NCC1COc2ccccc2O1)NCCCc1nnc2n1CCCCC2. The Morgan fingerprint density at radius 2 is 2.07 bits per heavy atom. The number of para-hydroxylation sites is 2. The summed E-state index contributed by atoms with van der Waals surface area (Å²) in [6.07, 6.45) is 6.62. The molecule has 2 aliphatic heterocycles. The monoisotopic (exact) mass is 412 g/mol. The highest BCUT2D eigenvalue weighted by atomic mass is 16.6. The van der Waals surface area contributed by atoms with Crippen molar-refractivity contribution in [3.63, 3.8) is 0 Å². The third kappa shape index (κ3) is 5.23. The summed E-state index contributed by atoms with van der Waals surface area (Å²) in [5.74, 6) is 4.66. The summed E-state index contributed by atoms with van der Waals surface area (Å²) >= 11 is 0. The van der Waals surface area contributed by atoms with Gasteiger partial charge in [-0.25, -0.2) is 4.99 Å². The van der Waals surface area contributed by atoms with Crippen molar-refractivity contribution in [2.45, 2.75) is 58.1 Å². The van der Waals surface area contributed by atoms with Crippen LogP contribution < -0.4 is 20.1 Å². The lowest BCUT2D eigenvalue weighted by atomic mass is 10.2. The van der Waals surface area contributed by atoms with Crippen LogP contribution in [0.5, 0.6) is 11.5 Å². The number of nitrogens with zero attached hydrogens (tertiary/aromatic N) is 4. The molecule has 0 radical (unpaired) electrons. The largest absolute Gasteiger partial charge is 0.486 e. The molecule has 3 heterocycles. The second-order valence-corrected chi connectivity index (χ2v) is 7.74. The van der Waals surface area contributed by atoms with Gasteiger partial charge in [-0.15, -0.1) is 10.2 Å². The van der Waals surface area contributed by atoms with E-state index in [0.717, 1.165) is 68.0 Å². The molecule has 0 saturated carbocycles. The Bertz CT molecular complexity index is 850. The average Bonchev–Trinajstić information content (AvgIpc) is 3.00. The van der Waals surface area contributed by atoms with E-state index in [9.17, 15) is 0 Å². The molecule has 2 N–H and O–H groups in total. The van der Waals surface area contributed by atoms with E-state index in [2.05, 4.69) is 37.3 Å². The van der Waals surface area contributed by atoms with Crippen molar-refractivity contribution in [1.82, 2.24) is 25.4 Å². The molecule has 8 heteroatoms. The number of hydrogen-bond acceptors (Lipinski definition) is 5. The van der Waals surface area contributed by atoms with Gasteiger partial charge in [0.25, 0.3) is 0 Å². The number of guanidine groups is 1. The van der Waals surface area contributed by atoms with Gasteiger partial charge in [0, 0.05) is 32.5 Å². The van der Waals surface area contributed by atoms with Gasteiger partial charge in [-0.05, 0) is 38.3 Å². The number of rotatable bonds is 7. The minimum absolute atomic E-state index is 0.0817. The lowest BCUT2D eigenvalue weighted by Crippen LogP contribution is -2.40. The van der Waals surface area contributed by atoms with Crippen molar-refractivity contribution in [3.05, 3.63) is 35.9 Å². The van der Waals surface area contributed by atoms with Crippen molar-refractivity contribution in [1.29, 1.82) is 0 Å². The van der Waals surface area contributed by atoms with Gasteiger partial charge in [-0.3, -0.25) is 0 Å². The fourth-order valence-corrected chi connectivity index (χ4v) is 3.87.